The van der Waals surface area contributed by atoms with E-state index in [0.29, 0.717) is 29.5 Å². The summed E-state index contributed by atoms with van der Waals surface area (Å²) in [7, 11) is 0. The summed E-state index contributed by atoms with van der Waals surface area (Å²) in [5.41, 5.74) is 0.418. The molecule has 4 aliphatic rings. The molecule has 0 spiro atoms. The van der Waals surface area contributed by atoms with Crippen LogP contribution in [0.25, 0.3) is 0 Å². The van der Waals surface area contributed by atoms with E-state index in [-0.39, 0.29) is 5.41 Å². The molecule has 0 aromatic heterocycles. The molecule has 2 heteroatoms. The van der Waals surface area contributed by atoms with E-state index in [1.807, 2.05) is 6.08 Å². The van der Waals surface area contributed by atoms with Gasteiger partial charge in [0.05, 0.1) is 0 Å². The van der Waals surface area contributed by atoms with Gasteiger partial charge in [-0.25, -0.2) is 0 Å². The van der Waals surface area contributed by atoms with Gasteiger partial charge in [0.15, 0.2) is 5.78 Å². The van der Waals surface area contributed by atoms with Crippen molar-refractivity contribution in [2.24, 2.45) is 29.1 Å². The summed E-state index contributed by atoms with van der Waals surface area (Å²) < 4.78 is 0. The van der Waals surface area contributed by atoms with E-state index in [2.05, 4.69) is 12.8 Å². The van der Waals surface area contributed by atoms with Gasteiger partial charge >= 0.3 is 0 Å². The van der Waals surface area contributed by atoms with E-state index < -0.39 is 5.60 Å². The van der Waals surface area contributed by atoms with Gasteiger partial charge in [0, 0.05) is 11.8 Å². The van der Waals surface area contributed by atoms with E-state index in [4.69, 9.17) is 6.42 Å². The normalized spacial score (nSPS) is 50.4. The van der Waals surface area contributed by atoms with Gasteiger partial charge in [0.25, 0.3) is 0 Å². The highest BCUT2D eigenvalue weighted by Crippen LogP contribution is 2.64. The van der Waals surface area contributed by atoms with Crippen LogP contribution in [0.2, 0.25) is 0 Å². The molecule has 3 saturated carbocycles. The van der Waals surface area contributed by atoms with Crippen molar-refractivity contribution in [1.82, 2.24) is 0 Å². The van der Waals surface area contributed by atoms with E-state index in [9.17, 15) is 9.90 Å². The first-order valence-corrected chi connectivity index (χ1v) is 8.92. The summed E-state index contributed by atoms with van der Waals surface area (Å²) in [6, 6.07) is 0. The summed E-state index contributed by atoms with van der Waals surface area (Å²) in [5.74, 6) is 5.66. The summed E-state index contributed by atoms with van der Waals surface area (Å²) in [5, 5.41) is 10.9. The third-order valence-corrected chi connectivity index (χ3v) is 7.69. The van der Waals surface area contributed by atoms with Gasteiger partial charge in [-0.3, -0.25) is 4.79 Å². The number of aliphatic hydroxyl groups is 1. The predicted molar refractivity (Wildman–Crippen MR) is 85.9 cm³/mol. The Morgan fingerprint density at radius 1 is 1.18 bits per heavy atom. The zero-order valence-corrected chi connectivity index (χ0v) is 13.5. The van der Waals surface area contributed by atoms with E-state index >= 15 is 0 Å². The summed E-state index contributed by atoms with van der Waals surface area (Å²) >= 11 is 0. The van der Waals surface area contributed by atoms with Crippen molar-refractivity contribution in [3.63, 3.8) is 0 Å². The molecule has 0 heterocycles. The first kappa shape index (κ1) is 14.5. The summed E-state index contributed by atoms with van der Waals surface area (Å²) in [6.45, 7) is 2.23. The minimum atomic E-state index is -0.902. The van der Waals surface area contributed by atoms with E-state index in [1.165, 1.54) is 12.0 Å². The molecule has 118 valence electrons. The van der Waals surface area contributed by atoms with Gasteiger partial charge in [-0.15, -0.1) is 6.42 Å². The molecule has 0 aliphatic heterocycles. The van der Waals surface area contributed by atoms with Gasteiger partial charge < -0.3 is 5.11 Å². The molecule has 0 aromatic carbocycles. The van der Waals surface area contributed by atoms with E-state index in [0.717, 1.165) is 44.9 Å². The van der Waals surface area contributed by atoms with Crippen molar-refractivity contribution in [3.05, 3.63) is 11.6 Å². The topological polar surface area (TPSA) is 37.3 Å². The molecule has 0 aromatic rings. The maximum atomic E-state index is 11.7. The van der Waals surface area contributed by atoms with Gasteiger partial charge in [0.2, 0.25) is 0 Å². The second-order valence-corrected chi connectivity index (χ2v) is 8.30. The lowest BCUT2D eigenvalue weighted by Crippen LogP contribution is -2.52. The van der Waals surface area contributed by atoms with Crippen molar-refractivity contribution in [2.75, 3.05) is 0 Å². The summed E-state index contributed by atoms with van der Waals surface area (Å²) in [4.78, 5) is 11.7. The maximum Gasteiger partial charge on any atom is 0.155 e. The number of fused-ring (bicyclic) bond motifs is 5. The fourth-order valence-corrected chi connectivity index (χ4v) is 6.43. The molecule has 4 rings (SSSR count). The molecule has 6 atom stereocenters. The fourth-order valence-electron chi connectivity index (χ4n) is 6.43. The van der Waals surface area contributed by atoms with E-state index in [1.54, 1.807) is 0 Å². The molecule has 0 bridgehead atoms. The van der Waals surface area contributed by atoms with Crippen LogP contribution in [0.1, 0.15) is 58.3 Å². The van der Waals surface area contributed by atoms with Crippen LogP contribution in [-0.2, 0) is 4.79 Å². The third-order valence-electron chi connectivity index (χ3n) is 7.69. The first-order valence-electron chi connectivity index (χ1n) is 8.92. The Labute approximate surface area is 133 Å². The summed E-state index contributed by atoms with van der Waals surface area (Å²) in [6.07, 6.45) is 15.7. The highest BCUT2D eigenvalue weighted by molar-refractivity contribution is 5.91. The lowest BCUT2D eigenvalue weighted by Gasteiger charge is -2.54. The number of terminal acetylenes is 1. The second-order valence-electron chi connectivity index (χ2n) is 8.30. The number of carbonyl (C=O) groups is 1. The van der Waals surface area contributed by atoms with Crippen LogP contribution in [0.5, 0.6) is 0 Å². The third kappa shape index (κ3) is 1.75. The molecule has 22 heavy (non-hydrogen) atoms. The van der Waals surface area contributed by atoms with Crippen LogP contribution < -0.4 is 0 Å². The number of allylic oxidation sites excluding steroid dienone is 1. The Kier molecular flexibility index (Phi) is 3.11. The van der Waals surface area contributed by atoms with Gasteiger partial charge in [-0.05, 0) is 74.7 Å². The molecule has 0 radical (unpaired) electrons. The monoisotopic (exact) mass is 298 g/mol. The highest BCUT2D eigenvalue weighted by atomic mass is 16.3. The number of hydrogen-bond acceptors (Lipinski definition) is 2. The Bertz CT molecular complexity index is 583. The number of carbonyl (C=O) groups excluding carboxylic acids is 1. The first-order chi connectivity index (χ1) is 10.5. The predicted octanol–water partition coefficient (Wildman–Crippen LogP) is 3.49. The van der Waals surface area contributed by atoms with Gasteiger partial charge in [-0.2, -0.15) is 0 Å². The zero-order valence-electron chi connectivity index (χ0n) is 13.5. The minimum absolute atomic E-state index is 0.103. The van der Waals surface area contributed by atoms with Crippen molar-refractivity contribution in [1.29, 1.82) is 0 Å². The smallest absolute Gasteiger partial charge is 0.155 e. The number of rotatable bonds is 0. The molecule has 5 unspecified atom stereocenters. The lowest BCUT2D eigenvalue weighted by molar-refractivity contribution is -0.116. The average Bonchev–Trinajstić information content (AvgIpc) is 2.79. The Hall–Kier alpha value is -1.07. The SMILES string of the molecule is C#CC1(O)CCC2C3CCC4=CC(=O)CCC4C3CC[C@@]21C. The van der Waals surface area contributed by atoms with Crippen LogP contribution in [0.4, 0.5) is 0 Å². The van der Waals surface area contributed by atoms with Crippen molar-refractivity contribution < 1.29 is 9.90 Å². The molecule has 1 N–H and O–H groups in total. The molecular formula is C20H26O2. The highest BCUT2D eigenvalue weighted by Gasteiger charge is 2.61. The van der Waals surface area contributed by atoms with Crippen molar-refractivity contribution in [2.45, 2.75) is 63.9 Å². The zero-order chi connectivity index (χ0) is 15.5. The number of ketones is 1. The van der Waals surface area contributed by atoms with Crippen LogP contribution >= 0.6 is 0 Å². The molecule has 4 aliphatic carbocycles. The molecule has 0 saturated heterocycles. The molecule has 0 amide bonds. The Morgan fingerprint density at radius 2 is 2.00 bits per heavy atom. The standard InChI is InChI=1S/C20H26O2/c1-3-20(22)11-9-18-17-6-4-13-12-14(21)5-7-15(13)16(17)8-10-19(18,20)2/h1,12,15-18,22H,4-11H2,2H3/t15?,16?,17?,18?,19-,20?/m0/s1. The lowest BCUT2D eigenvalue weighted by atomic mass is 9.50. The van der Waals surface area contributed by atoms with Gasteiger partial charge in [-0.1, -0.05) is 18.4 Å². The Morgan fingerprint density at radius 3 is 2.77 bits per heavy atom. The minimum Gasteiger partial charge on any atom is -0.377 e. The van der Waals surface area contributed by atoms with Crippen LogP contribution in [0, 0.1) is 41.4 Å². The van der Waals surface area contributed by atoms with Crippen LogP contribution in [0.15, 0.2) is 11.6 Å². The fraction of sp³-hybridized carbons (Fsp3) is 0.750. The molecule has 3 fully saturated rings. The average molecular weight is 298 g/mol. The second kappa shape index (κ2) is 4.71. The largest absolute Gasteiger partial charge is 0.377 e. The van der Waals surface area contributed by atoms with Crippen molar-refractivity contribution >= 4 is 5.78 Å². The quantitative estimate of drug-likeness (QED) is 0.695. The Balaban J connectivity index is 1.65. The van der Waals surface area contributed by atoms with Crippen LogP contribution in [-0.4, -0.2) is 16.5 Å². The van der Waals surface area contributed by atoms with Crippen molar-refractivity contribution in [3.8, 4) is 12.3 Å². The maximum absolute atomic E-state index is 11.7. The number of hydrogen-bond donors (Lipinski definition) is 1. The molecular weight excluding hydrogens is 272 g/mol. The molecule has 2 nitrogen and oxygen atoms in total. The van der Waals surface area contributed by atoms with Crippen LogP contribution in [0.3, 0.4) is 0 Å². The van der Waals surface area contributed by atoms with Gasteiger partial charge in [0.1, 0.15) is 5.60 Å².